The van der Waals surface area contributed by atoms with Crippen molar-refractivity contribution in [1.82, 2.24) is 9.97 Å². The smallest absolute Gasteiger partial charge is 0.323 e. The van der Waals surface area contributed by atoms with E-state index in [0.29, 0.717) is 0 Å². The van der Waals surface area contributed by atoms with Crippen molar-refractivity contribution in [2.45, 2.75) is 45.1 Å². The van der Waals surface area contributed by atoms with E-state index in [1.54, 1.807) is 0 Å². The first-order valence-electron chi connectivity index (χ1n) is 7.15. The molecule has 2 aromatic rings. The molecule has 1 aromatic heterocycles. The molecule has 0 radical (unpaired) electrons. The number of aliphatic hydroxyl groups excluding tert-OH is 1. The molecule has 108 valence electrons. The second-order valence-electron chi connectivity index (χ2n) is 5.82. The molecule has 1 saturated carbocycles. The molecule has 4 nitrogen and oxygen atoms in total. The Morgan fingerprint density at radius 3 is 2.50 bits per heavy atom. The Morgan fingerprint density at radius 1 is 1.30 bits per heavy atom. The van der Waals surface area contributed by atoms with Crippen molar-refractivity contribution in [3.05, 3.63) is 32.7 Å². The number of hydrogen-bond donors (Lipinski definition) is 3. The molecule has 1 atom stereocenters. The van der Waals surface area contributed by atoms with Crippen LogP contribution in [0, 0.1) is 5.41 Å². The lowest BCUT2D eigenvalue weighted by Crippen LogP contribution is -2.25. The number of nitrogens with one attached hydrogen (secondary N) is 2. The van der Waals surface area contributed by atoms with Crippen molar-refractivity contribution in [2.24, 2.45) is 5.41 Å². The Labute approximate surface area is 125 Å². The van der Waals surface area contributed by atoms with Crippen molar-refractivity contribution in [3.63, 3.8) is 0 Å². The number of aliphatic hydroxyl groups is 1. The van der Waals surface area contributed by atoms with Gasteiger partial charge in [0.2, 0.25) is 0 Å². The predicted molar refractivity (Wildman–Crippen MR) is 82.8 cm³/mol. The summed E-state index contributed by atoms with van der Waals surface area (Å²) >= 11 is 3.53. The van der Waals surface area contributed by atoms with Gasteiger partial charge in [0.25, 0.3) is 0 Å². The fourth-order valence-corrected chi connectivity index (χ4v) is 4.07. The number of aromatic amines is 2. The van der Waals surface area contributed by atoms with Crippen molar-refractivity contribution >= 4 is 27.0 Å². The van der Waals surface area contributed by atoms with E-state index in [1.807, 2.05) is 12.1 Å². The maximum absolute atomic E-state index is 11.4. The summed E-state index contributed by atoms with van der Waals surface area (Å²) in [6.45, 7) is 2.15. The van der Waals surface area contributed by atoms with E-state index in [0.717, 1.165) is 40.3 Å². The van der Waals surface area contributed by atoms with Gasteiger partial charge in [0.1, 0.15) is 0 Å². The van der Waals surface area contributed by atoms with E-state index in [1.165, 1.54) is 12.8 Å². The van der Waals surface area contributed by atoms with Crippen molar-refractivity contribution in [2.75, 3.05) is 0 Å². The quantitative estimate of drug-likeness (QED) is 0.799. The monoisotopic (exact) mass is 338 g/mol. The largest absolute Gasteiger partial charge is 0.388 e. The Bertz CT molecular complexity index is 683. The lowest BCUT2D eigenvalue weighted by Gasteiger charge is -2.34. The molecule has 0 amide bonds. The van der Waals surface area contributed by atoms with Gasteiger partial charge in [-0.3, -0.25) is 0 Å². The summed E-state index contributed by atoms with van der Waals surface area (Å²) in [6.07, 6.45) is 4.99. The zero-order valence-corrected chi connectivity index (χ0v) is 13.1. The fraction of sp³-hybridized carbons (Fsp3) is 0.533. The van der Waals surface area contributed by atoms with Gasteiger partial charge in [-0.25, -0.2) is 4.79 Å². The minimum absolute atomic E-state index is 0.0210. The molecule has 1 aliphatic carbocycles. The molecule has 0 saturated heterocycles. The molecule has 1 aromatic carbocycles. The number of H-pyrrole nitrogens is 2. The van der Waals surface area contributed by atoms with Crippen LogP contribution in [-0.4, -0.2) is 15.1 Å². The summed E-state index contributed by atoms with van der Waals surface area (Å²) in [5.41, 5.74) is 2.14. The van der Waals surface area contributed by atoms with Crippen molar-refractivity contribution in [1.29, 1.82) is 0 Å². The molecule has 3 N–H and O–H groups in total. The first kappa shape index (κ1) is 13.9. The van der Waals surface area contributed by atoms with Crippen LogP contribution in [0.2, 0.25) is 0 Å². The summed E-state index contributed by atoms with van der Waals surface area (Å²) in [7, 11) is 0. The first-order valence-corrected chi connectivity index (χ1v) is 7.94. The standard InChI is InChI=1S/C15H19BrN2O2/c1-2-15(5-3-4-6-15)13(19)9-7-11-12(8-10(9)16)18-14(20)17-11/h7-8,13,19H,2-6H2,1H3,(H2,17,18,20). The summed E-state index contributed by atoms with van der Waals surface area (Å²) in [4.78, 5) is 16.9. The Kier molecular flexibility index (Phi) is 3.50. The van der Waals surface area contributed by atoms with E-state index < -0.39 is 6.10 Å². The van der Waals surface area contributed by atoms with E-state index in [-0.39, 0.29) is 11.1 Å². The average molecular weight is 339 g/mol. The molecule has 0 spiro atoms. The maximum atomic E-state index is 11.4. The SMILES string of the molecule is CCC1(C(O)c2cc3[nH]c(=O)[nH]c3cc2Br)CCCC1. The van der Waals surface area contributed by atoms with Gasteiger partial charge in [-0.2, -0.15) is 0 Å². The average Bonchev–Trinajstić information content (AvgIpc) is 3.03. The van der Waals surface area contributed by atoms with Gasteiger partial charge >= 0.3 is 5.69 Å². The molecule has 1 aliphatic rings. The van der Waals surface area contributed by atoms with Crippen molar-refractivity contribution < 1.29 is 5.11 Å². The highest BCUT2D eigenvalue weighted by Crippen LogP contribution is 2.51. The molecule has 1 unspecified atom stereocenters. The van der Waals surface area contributed by atoms with Gasteiger partial charge in [-0.05, 0) is 37.0 Å². The molecular weight excluding hydrogens is 320 g/mol. The molecule has 0 aliphatic heterocycles. The van der Waals surface area contributed by atoms with Crippen LogP contribution < -0.4 is 5.69 Å². The lowest BCUT2D eigenvalue weighted by molar-refractivity contribution is 0.0233. The van der Waals surface area contributed by atoms with E-state index in [2.05, 4.69) is 32.8 Å². The summed E-state index contributed by atoms with van der Waals surface area (Å²) < 4.78 is 0.854. The number of imidazole rings is 1. The Morgan fingerprint density at radius 2 is 1.90 bits per heavy atom. The molecule has 1 fully saturated rings. The third-order valence-electron chi connectivity index (χ3n) is 4.81. The van der Waals surface area contributed by atoms with Crippen LogP contribution in [0.1, 0.15) is 50.7 Å². The number of halogens is 1. The molecular formula is C15H19BrN2O2. The molecule has 5 heteroatoms. The van der Waals surface area contributed by atoms with Crippen LogP contribution >= 0.6 is 15.9 Å². The van der Waals surface area contributed by atoms with Crippen LogP contribution in [0.3, 0.4) is 0 Å². The summed E-state index contributed by atoms with van der Waals surface area (Å²) in [5, 5.41) is 10.9. The van der Waals surface area contributed by atoms with E-state index in [9.17, 15) is 9.90 Å². The summed E-state index contributed by atoms with van der Waals surface area (Å²) in [6, 6.07) is 3.75. The highest BCUT2D eigenvalue weighted by atomic mass is 79.9. The zero-order chi connectivity index (χ0) is 14.3. The first-order chi connectivity index (χ1) is 9.55. The lowest BCUT2D eigenvalue weighted by atomic mass is 9.75. The number of rotatable bonds is 3. The van der Waals surface area contributed by atoms with Gasteiger partial charge < -0.3 is 15.1 Å². The van der Waals surface area contributed by atoms with Crippen LogP contribution in [0.5, 0.6) is 0 Å². The van der Waals surface area contributed by atoms with Crippen LogP contribution in [0.25, 0.3) is 11.0 Å². The van der Waals surface area contributed by atoms with Gasteiger partial charge in [-0.15, -0.1) is 0 Å². The number of aromatic nitrogens is 2. The van der Waals surface area contributed by atoms with Gasteiger partial charge in [0.15, 0.2) is 0 Å². The maximum Gasteiger partial charge on any atom is 0.323 e. The molecule has 1 heterocycles. The highest BCUT2D eigenvalue weighted by molar-refractivity contribution is 9.10. The van der Waals surface area contributed by atoms with Crippen LogP contribution in [0.15, 0.2) is 21.4 Å². The van der Waals surface area contributed by atoms with Gasteiger partial charge in [-0.1, -0.05) is 35.7 Å². The second kappa shape index (κ2) is 5.04. The molecule has 0 bridgehead atoms. The molecule has 3 rings (SSSR count). The number of fused-ring (bicyclic) bond motifs is 1. The third-order valence-corrected chi connectivity index (χ3v) is 5.50. The van der Waals surface area contributed by atoms with Gasteiger partial charge in [0, 0.05) is 9.89 Å². The predicted octanol–water partition coefficient (Wildman–Crippen LogP) is 3.62. The topological polar surface area (TPSA) is 68.9 Å². The van der Waals surface area contributed by atoms with E-state index in [4.69, 9.17) is 0 Å². The normalized spacial score (nSPS) is 19.6. The molecule has 20 heavy (non-hydrogen) atoms. The van der Waals surface area contributed by atoms with Crippen LogP contribution in [0.4, 0.5) is 0 Å². The summed E-state index contributed by atoms with van der Waals surface area (Å²) in [5.74, 6) is 0. The minimum Gasteiger partial charge on any atom is -0.388 e. The zero-order valence-electron chi connectivity index (χ0n) is 11.5. The highest BCUT2D eigenvalue weighted by Gasteiger charge is 2.40. The van der Waals surface area contributed by atoms with Crippen molar-refractivity contribution in [3.8, 4) is 0 Å². The number of hydrogen-bond acceptors (Lipinski definition) is 2. The number of benzene rings is 1. The minimum atomic E-state index is -0.493. The third kappa shape index (κ3) is 2.13. The Balaban J connectivity index is 2.08. The van der Waals surface area contributed by atoms with Crippen LogP contribution in [-0.2, 0) is 0 Å². The fourth-order valence-electron chi connectivity index (χ4n) is 3.51. The van der Waals surface area contributed by atoms with E-state index >= 15 is 0 Å². The Hall–Kier alpha value is -1.07. The second-order valence-corrected chi connectivity index (χ2v) is 6.68. The van der Waals surface area contributed by atoms with Gasteiger partial charge in [0.05, 0.1) is 17.1 Å².